The summed E-state index contributed by atoms with van der Waals surface area (Å²) in [6, 6.07) is 0.710. The van der Waals surface area contributed by atoms with Gasteiger partial charge < -0.3 is 14.8 Å². The molecule has 0 radical (unpaired) electrons. The maximum Gasteiger partial charge on any atom is 0.222 e. The van der Waals surface area contributed by atoms with E-state index < -0.39 is 0 Å². The van der Waals surface area contributed by atoms with Gasteiger partial charge in [-0.1, -0.05) is 0 Å². The first-order chi connectivity index (χ1) is 9.19. The van der Waals surface area contributed by atoms with E-state index in [4.69, 9.17) is 0 Å². The Morgan fingerprint density at radius 2 is 1.89 bits per heavy atom. The van der Waals surface area contributed by atoms with Gasteiger partial charge in [-0.2, -0.15) is 0 Å². The monoisotopic (exact) mass is 264 g/mol. The van der Waals surface area contributed by atoms with Crippen LogP contribution >= 0.6 is 0 Å². The Hall–Kier alpha value is -0.610. The largest absolute Gasteiger partial charge is 0.633 e. The molecule has 4 aliphatic rings. The third kappa shape index (κ3) is 1.69. The molecule has 0 saturated carbocycles. The predicted molar refractivity (Wildman–Crippen MR) is 71.9 cm³/mol. The van der Waals surface area contributed by atoms with Crippen LogP contribution in [0.25, 0.3) is 0 Å². The van der Waals surface area contributed by atoms with Gasteiger partial charge in [-0.3, -0.25) is 4.79 Å². The van der Waals surface area contributed by atoms with Crippen LogP contribution in [-0.4, -0.2) is 47.2 Å². The molecule has 0 spiro atoms. The first kappa shape index (κ1) is 12.2. The lowest BCUT2D eigenvalue weighted by atomic mass is 9.67. The summed E-state index contributed by atoms with van der Waals surface area (Å²) in [5.41, 5.74) is 0. The van der Waals surface area contributed by atoms with Gasteiger partial charge in [-0.15, -0.1) is 0 Å². The Morgan fingerprint density at radius 1 is 1.11 bits per heavy atom. The molecule has 4 saturated heterocycles. The van der Waals surface area contributed by atoms with Gasteiger partial charge in [-0.25, -0.2) is 0 Å². The van der Waals surface area contributed by atoms with Gasteiger partial charge in [-0.05, 0) is 38.5 Å². The molecule has 0 aromatic rings. The minimum absolute atomic E-state index is 0.0772. The number of quaternary nitrogens is 1. The fourth-order valence-electron chi connectivity index (χ4n) is 5.55. The molecule has 1 amide bonds. The summed E-state index contributed by atoms with van der Waals surface area (Å²) in [7, 11) is 0. The molecule has 0 N–H and O–H groups in total. The highest BCUT2D eigenvalue weighted by Crippen LogP contribution is 2.47. The number of rotatable bonds is 0. The molecule has 0 aliphatic carbocycles. The van der Waals surface area contributed by atoms with Crippen molar-refractivity contribution < 1.29 is 9.44 Å². The smallest absolute Gasteiger partial charge is 0.222 e. The van der Waals surface area contributed by atoms with E-state index in [1.54, 1.807) is 0 Å². The lowest BCUT2D eigenvalue weighted by Gasteiger charge is -2.64. The van der Waals surface area contributed by atoms with E-state index in [2.05, 4.69) is 4.90 Å². The van der Waals surface area contributed by atoms with Crippen molar-refractivity contribution in [3.05, 3.63) is 5.21 Å². The van der Waals surface area contributed by atoms with Crippen LogP contribution in [0.2, 0.25) is 0 Å². The number of carbonyl (C=O) groups excluding carboxylic acids is 1. The number of hydrogen-bond acceptors (Lipinski definition) is 2. The zero-order valence-corrected chi connectivity index (χ0v) is 11.6. The number of hydrogen-bond donors (Lipinski definition) is 0. The predicted octanol–water partition coefficient (Wildman–Crippen LogP) is 1.88. The molecule has 5 atom stereocenters. The molecule has 4 heteroatoms. The topological polar surface area (TPSA) is 43.4 Å². The Bertz CT molecular complexity index is 396. The van der Waals surface area contributed by atoms with Crippen LogP contribution < -0.4 is 0 Å². The minimum atomic E-state index is 0.0772. The molecule has 106 valence electrons. The van der Waals surface area contributed by atoms with Gasteiger partial charge in [0.2, 0.25) is 5.91 Å². The summed E-state index contributed by atoms with van der Waals surface area (Å²) < 4.78 is 0.0772. The van der Waals surface area contributed by atoms with Crippen molar-refractivity contribution in [3.63, 3.8) is 0 Å². The van der Waals surface area contributed by atoms with Crippen LogP contribution in [-0.2, 0) is 4.79 Å². The second kappa shape index (κ2) is 4.19. The molecule has 4 nitrogen and oxygen atoms in total. The summed E-state index contributed by atoms with van der Waals surface area (Å²) in [6.45, 7) is 2.55. The van der Waals surface area contributed by atoms with Crippen molar-refractivity contribution in [2.75, 3.05) is 19.6 Å². The van der Waals surface area contributed by atoms with Gasteiger partial charge in [0.05, 0.1) is 19.1 Å². The molecule has 0 aromatic heterocycles. The van der Waals surface area contributed by atoms with Crippen LogP contribution in [0, 0.1) is 17.0 Å². The number of carbonyl (C=O) groups is 1. The molecule has 4 rings (SSSR count). The van der Waals surface area contributed by atoms with Gasteiger partial charge in [0.1, 0.15) is 0 Å². The molecule has 4 fully saturated rings. The molecular formula is C15H24N2O2. The number of piperidine rings is 4. The van der Waals surface area contributed by atoms with Crippen LogP contribution in [0.15, 0.2) is 0 Å². The summed E-state index contributed by atoms with van der Waals surface area (Å²) in [4.78, 5) is 14.3. The summed E-state index contributed by atoms with van der Waals surface area (Å²) >= 11 is 0. The summed E-state index contributed by atoms with van der Waals surface area (Å²) in [5.74, 6) is 1.33. The van der Waals surface area contributed by atoms with Crippen molar-refractivity contribution in [1.29, 1.82) is 0 Å². The van der Waals surface area contributed by atoms with Crippen LogP contribution in [0.1, 0.15) is 44.9 Å². The quantitative estimate of drug-likeness (QED) is 0.495. The second-order valence-corrected chi connectivity index (χ2v) is 7.10. The normalized spacial score (nSPS) is 49.5. The van der Waals surface area contributed by atoms with Gasteiger partial charge >= 0.3 is 0 Å². The Morgan fingerprint density at radius 3 is 2.74 bits per heavy atom. The van der Waals surface area contributed by atoms with Gasteiger partial charge in [0.15, 0.2) is 0 Å². The second-order valence-electron chi connectivity index (χ2n) is 7.10. The standard InChI is InChI=1S/C15H24N2O2/c18-14-7-1-6-13-12-5-3-9-17(19)8-2-4-11(15(12)17)10-16(13)14/h11-13,15H,1-10H2/t11?,12-,13-,15?,17?/m1/s1. The lowest BCUT2D eigenvalue weighted by molar-refractivity contribution is -0.925. The Balaban J connectivity index is 1.69. The first-order valence-corrected chi connectivity index (χ1v) is 8.06. The first-order valence-electron chi connectivity index (χ1n) is 8.06. The fraction of sp³-hybridized carbons (Fsp3) is 0.933. The van der Waals surface area contributed by atoms with E-state index in [0.29, 0.717) is 29.8 Å². The molecule has 4 aliphatic heterocycles. The number of hydroxylamine groups is 3. The van der Waals surface area contributed by atoms with Crippen molar-refractivity contribution >= 4 is 5.91 Å². The molecule has 4 heterocycles. The van der Waals surface area contributed by atoms with Crippen LogP contribution in [0.4, 0.5) is 0 Å². The van der Waals surface area contributed by atoms with Crippen LogP contribution in [0.3, 0.4) is 0 Å². The van der Waals surface area contributed by atoms with Crippen molar-refractivity contribution in [1.82, 2.24) is 4.90 Å². The maximum absolute atomic E-state index is 13.1. The zero-order chi connectivity index (χ0) is 13.0. The van der Waals surface area contributed by atoms with E-state index >= 15 is 0 Å². The van der Waals surface area contributed by atoms with E-state index in [9.17, 15) is 10.0 Å². The minimum Gasteiger partial charge on any atom is -0.633 e. The lowest BCUT2D eigenvalue weighted by Crippen LogP contribution is -2.71. The summed E-state index contributed by atoms with van der Waals surface area (Å²) in [5, 5.41) is 13.1. The zero-order valence-electron chi connectivity index (χ0n) is 11.6. The van der Waals surface area contributed by atoms with Crippen LogP contribution in [0.5, 0.6) is 0 Å². The SMILES string of the molecule is O=C1CCC[C@@H]2[C@H]3CCC[N+]4([O-])CCCC(CN12)C34. The molecule has 19 heavy (non-hydrogen) atoms. The third-order valence-electron chi connectivity index (χ3n) is 6.19. The number of amides is 1. The third-order valence-corrected chi connectivity index (χ3v) is 6.19. The van der Waals surface area contributed by atoms with Crippen molar-refractivity contribution in [3.8, 4) is 0 Å². The molecular weight excluding hydrogens is 240 g/mol. The Kier molecular flexibility index (Phi) is 2.68. The van der Waals surface area contributed by atoms with Gasteiger partial charge in [0.25, 0.3) is 0 Å². The average Bonchev–Trinajstić information content (AvgIpc) is 2.40. The van der Waals surface area contributed by atoms with Crippen molar-refractivity contribution in [2.24, 2.45) is 11.8 Å². The Labute approximate surface area is 114 Å². The number of nitrogens with zero attached hydrogens (tertiary/aromatic N) is 2. The van der Waals surface area contributed by atoms with E-state index in [-0.39, 0.29) is 4.65 Å². The van der Waals surface area contributed by atoms with E-state index in [1.807, 2.05) is 0 Å². The maximum atomic E-state index is 13.1. The van der Waals surface area contributed by atoms with Gasteiger partial charge in [0, 0.05) is 30.8 Å². The fourth-order valence-corrected chi connectivity index (χ4v) is 5.55. The number of fused-ring (bicyclic) bond motifs is 2. The highest BCUT2D eigenvalue weighted by molar-refractivity contribution is 5.77. The highest BCUT2D eigenvalue weighted by Gasteiger charge is 2.55. The highest BCUT2D eigenvalue weighted by atomic mass is 16.5. The van der Waals surface area contributed by atoms with E-state index in [1.165, 1.54) is 12.8 Å². The molecule has 0 bridgehead atoms. The van der Waals surface area contributed by atoms with Crippen molar-refractivity contribution in [2.45, 2.75) is 57.0 Å². The molecule has 3 unspecified atom stereocenters. The summed E-state index contributed by atoms with van der Waals surface area (Å²) in [6.07, 6.45) is 7.38. The molecule has 0 aromatic carbocycles. The van der Waals surface area contributed by atoms with E-state index in [0.717, 1.165) is 51.7 Å². The average molecular weight is 264 g/mol.